The summed E-state index contributed by atoms with van der Waals surface area (Å²) in [5.74, 6) is 0. The number of H-pyrrole nitrogens is 2. The summed E-state index contributed by atoms with van der Waals surface area (Å²) in [6.07, 6.45) is 0.969. The molecule has 1 aliphatic carbocycles. The fourth-order valence-electron chi connectivity index (χ4n) is 3.35. The van der Waals surface area contributed by atoms with Gasteiger partial charge in [0.2, 0.25) is 0 Å². The zero-order valence-electron chi connectivity index (χ0n) is 15.0. The van der Waals surface area contributed by atoms with Crippen LogP contribution < -0.4 is 21.8 Å². The molecule has 144 valence electrons. The number of rotatable bonds is 5. The second-order valence-corrected chi connectivity index (χ2v) is 6.85. The van der Waals surface area contributed by atoms with Gasteiger partial charge in [0.1, 0.15) is 6.61 Å². The van der Waals surface area contributed by atoms with Crippen LogP contribution in [0.4, 0.5) is 10.5 Å². The van der Waals surface area contributed by atoms with E-state index in [1.54, 1.807) is 18.2 Å². The molecule has 4 rings (SSSR count). The predicted molar refractivity (Wildman–Crippen MR) is 105 cm³/mol. The van der Waals surface area contributed by atoms with Gasteiger partial charge in [-0.25, -0.2) is 4.79 Å². The van der Waals surface area contributed by atoms with Gasteiger partial charge in [-0.15, -0.1) is 0 Å². The number of hydrogen-bond donors (Lipinski definition) is 4. The molecule has 28 heavy (non-hydrogen) atoms. The molecule has 8 heteroatoms. The molecule has 1 aromatic heterocycles. The van der Waals surface area contributed by atoms with Crippen molar-refractivity contribution in [2.45, 2.75) is 31.5 Å². The zero-order valence-corrected chi connectivity index (χ0v) is 15.0. The molecule has 4 N–H and O–H groups in total. The Morgan fingerprint density at radius 3 is 2.50 bits per heavy atom. The number of alkyl carbamates (subject to hydrolysis) is 1. The van der Waals surface area contributed by atoms with Crippen LogP contribution in [0.1, 0.15) is 18.4 Å². The number of ether oxygens (including phenoxy) is 1. The number of benzene rings is 2. The third kappa shape index (κ3) is 3.75. The second-order valence-electron chi connectivity index (χ2n) is 6.85. The molecule has 0 atom stereocenters. The van der Waals surface area contributed by atoms with Gasteiger partial charge in [-0.1, -0.05) is 36.4 Å². The summed E-state index contributed by atoms with van der Waals surface area (Å²) < 4.78 is 5.22. The minimum Gasteiger partial charge on any atom is -0.445 e. The van der Waals surface area contributed by atoms with Gasteiger partial charge in [0.25, 0.3) is 11.1 Å². The molecule has 1 aliphatic rings. The van der Waals surface area contributed by atoms with Crippen LogP contribution in [-0.2, 0) is 11.3 Å². The topological polar surface area (TPSA) is 116 Å². The largest absolute Gasteiger partial charge is 0.445 e. The van der Waals surface area contributed by atoms with E-state index in [2.05, 4.69) is 20.8 Å². The van der Waals surface area contributed by atoms with Crippen LogP contribution in [0.3, 0.4) is 0 Å². The van der Waals surface area contributed by atoms with E-state index in [-0.39, 0.29) is 29.8 Å². The Balaban J connectivity index is 1.31. The lowest BCUT2D eigenvalue weighted by Crippen LogP contribution is -2.49. The number of carbonyl (C=O) groups excluding carboxylic acids is 1. The van der Waals surface area contributed by atoms with Crippen LogP contribution in [-0.4, -0.2) is 28.4 Å². The smallest absolute Gasteiger partial charge is 0.407 e. The molecule has 0 aliphatic heterocycles. The van der Waals surface area contributed by atoms with Crippen molar-refractivity contribution in [2.75, 3.05) is 5.32 Å². The van der Waals surface area contributed by atoms with Crippen molar-refractivity contribution in [3.05, 3.63) is 74.8 Å². The highest BCUT2D eigenvalue weighted by Gasteiger charge is 2.31. The molecule has 0 radical (unpaired) electrons. The lowest BCUT2D eigenvalue weighted by molar-refractivity contribution is 0.129. The average Bonchev–Trinajstić information content (AvgIpc) is 2.68. The van der Waals surface area contributed by atoms with Crippen LogP contribution in [0.5, 0.6) is 0 Å². The SMILES string of the molecule is O=C(NC1CC(Nc2cccc3c(=O)[nH][nH]c(=O)c23)C1)OCc1ccccc1. The second kappa shape index (κ2) is 7.59. The van der Waals surface area contributed by atoms with Crippen LogP contribution in [0.25, 0.3) is 10.8 Å². The van der Waals surface area contributed by atoms with Gasteiger partial charge in [-0.3, -0.25) is 19.8 Å². The first-order chi connectivity index (χ1) is 13.6. The number of aromatic nitrogens is 2. The van der Waals surface area contributed by atoms with E-state index in [0.717, 1.165) is 5.56 Å². The van der Waals surface area contributed by atoms with Gasteiger partial charge in [0, 0.05) is 17.8 Å². The first kappa shape index (κ1) is 17.8. The van der Waals surface area contributed by atoms with Gasteiger partial charge in [-0.2, -0.15) is 0 Å². The third-order valence-electron chi connectivity index (χ3n) is 4.86. The van der Waals surface area contributed by atoms with Crippen molar-refractivity contribution >= 4 is 22.6 Å². The maximum absolute atomic E-state index is 12.1. The molecule has 8 nitrogen and oxygen atoms in total. The molecule has 2 aromatic carbocycles. The lowest BCUT2D eigenvalue weighted by Gasteiger charge is -2.36. The highest BCUT2D eigenvalue weighted by molar-refractivity contribution is 5.92. The van der Waals surface area contributed by atoms with E-state index < -0.39 is 6.09 Å². The third-order valence-corrected chi connectivity index (χ3v) is 4.86. The lowest BCUT2D eigenvalue weighted by atomic mass is 9.86. The number of hydrogen-bond acceptors (Lipinski definition) is 5. The molecular formula is C20H20N4O4. The predicted octanol–water partition coefficient (Wildman–Crippen LogP) is 2.09. The molecule has 0 saturated heterocycles. The summed E-state index contributed by atoms with van der Waals surface area (Å²) in [6.45, 7) is 0.231. The van der Waals surface area contributed by atoms with E-state index in [9.17, 15) is 14.4 Å². The number of amides is 1. The molecule has 3 aromatic rings. The van der Waals surface area contributed by atoms with Crippen molar-refractivity contribution in [1.82, 2.24) is 15.5 Å². The van der Waals surface area contributed by atoms with Gasteiger partial charge < -0.3 is 15.4 Å². The minimum atomic E-state index is -0.444. The van der Waals surface area contributed by atoms with Gasteiger partial charge >= 0.3 is 6.09 Å². The maximum atomic E-state index is 12.1. The average molecular weight is 380 g/mol. The molecule has 1 amide bonds. The van der Waals surface area contributed by atoms with Crippen LogP contribution >= 0.6 is 0 Å². The highest BCUT2D eigenvalue weighted by atomic mass is 16.5. The van der Waals surface area contributed by atoms with E-state index in [1.165, 1.54) is 0 Å². The molecule has 0 unspecified atom stereocenters. The van der Waals surface area contributed by atoms with Crippen molar-refractivity contribution in [2.24, 2.45) is 0 Å². The number of nitrogens with one attached hydrogen (secondary N) is 4. The van der Waals surface area contributed by atoms with E-state index in [0.29, 0.717) is 29.3 Å². The number of anilines is 1. The van der Waals surface area contributed by atoms with Crippen LogP contribution in [0, 0.1) is 0 Å². The molecule has 1 saturated carbocycles. The summed E-state index contributed by atoms with van der Waals surface area (Å²) >= 11 is 0. The van der Waals surface area contributed by atoms with E-state index >= 15 is 0 Å². The van der Waals surface area contributed by atoms with Crippen molar-refractivity contribution in [1.29, 1.82) is 0 Å². The Kier molecular flexibility index (Phi) is 4.84. The Morgan fingerprint density at radius 1 is 0.964 bits per heavy atom. The summed E-state index contributed by atoms with van der Waals surface area (Å²) in [5, 5.41) is 11.5. The van der Waals surface area contributed by atoms with Crippen LogP contribution in [0.15, 0.2) is 58.1 Å². The quantitative estimate of drug-likeness (QED) is 0.541. The Labute approximate surface area is 159 Å². The van der Waals surface area contributed by atoms with Gasteiger partial charge in [0.15, 0.2) is 0 Å². The first-order valence-electron chi connectivity index (χ1n) is 9.07. The Bertz CT molecular complexity index is 1100. The van der Waals surface area contributed by atoms with E-state index in [4.69, 9.17) is 4.74 Å². The number of aromatic amines is 2. The minimum absolute atomic E-state index is 0.0115. The summed E-state index contributed by atoms with van der Waals surface area (Å²) in [6, 6.07) is 14.7. The fraction of sp³-hybridized carbons (Fsp3) is 0.250. The van der Waals surface area contributed by atoms with Crippen molar-refractivity contribution in [3.63, 3.8) is 0 Å². The van der Waals surface area contributed by atoms with Crippen LogP contribution in [0.2, 0.25) is 0 Å². The zero-order chi connectivity index (χ0) is 19.5. The standard InChI is InChI=1S/C20H20N4O4/c25-18-15-7-4-8-16(17(15)19(26)24-23-18)21-13-9-14(10-13)22-20(27)28-11-12-5-2-1-3-6-12/h1-8,13-14,21H,9-11H2,(H,22,27)(H,23,25)(H,24,26). The van der Waals surface area contributed by atoms with Crippen molar-refractivity contribution < 1.29 is 9.53 Å². The van der Waals surface area contributed by atoms with Gasteiger partial charge in [-0.05, 0) is 30.5 Å². The molecule has 0 spiro atoms. The fourth-order valence-corrected chi connectivity index (χ4v) is 3.35. The first-order valence-corrected chi connectivity index (χ1v) is 9.07. The van der Waals surface area contributed by atoms with E-state index in [1.807, 2.05) is 30.3 Å². The molecule has 1 fully saturated rings. The number of carbonyl (C=O) groups is 1. The summed E-state index contributed by atoms with van der Waals surface area (Å²) in [4.78, 5) is 35.9. The molecule has 0 bridgehead atoms. The molecular weight excluding hydrogens is 360 g/mol. The summed E-state index contributed by atoms with van der Waals surface area (Å²) in [5.41, 5.74) is 0.852. The van der Waals surface area contributed by atoms with Gasteiger partial charge in [0.05, 0.1) is 10.8 Å². The monoisotopic (exact) mass is 380 g/mol. The normalized spacial score (nSPS) is 18.3. The maximum Gasteiger partial charge on any atom is 0.407 e. The summed E-state index contributed by atoms with van der Waals surface area (Å²) in [7, 11) is 0. The Hall–Kier alpha value is -3.55. The Morgan fingerprint density at radius 2 is 1.71 bits per heavy atom. The highest BCUT2D eigenvalue weighted by Crippen LogP contribution is 2.26. The number of fused-ring (bicyclic) bond motifs is 1. The molecule has 1 heterocycles. The van der Waals surface area contributed by atoms with Crippen molar-refractivity contribution in [3.8, 4) is 0 Å².